The van der Waals surface area contributed by atoms with Crippen molar-refractivity contribution >= 4 is 7.82 Å². The summed E-state index contributed by atoms with van der Waals surface area (Å²) in [5.41, 5.74) is 0.273. The molecule has 2 N–H and O–H groups in total. The van der Waals surface area contributed by atoms with Gasteiger partial charge >= 0.3 is 7.82 Å². The van der Waals surface area contributed by atoms with Gasteiger partial charge in [0.15, 0.2) is 0 Å². The molecule has 1 fully saturated rings. The summed E-state index contributed by atoms with van der Waals surface area (Å²) in [6, 6.07) is 7.67. The highest BCUT2D eigenvalue weighted by Crippen LogP contribution is 2.49. The molecule has 1 atom stereocenters. The van der Waals surface area contributed by atoms with Crippen LogP contribution in [0.2, 0.25) is 0 Å². The molecule has 24 heavy (non-hydrogen) atoms. The third-order valence-corrected chi connectivity index (χ3v) is 5.42. The van der Waals surface area contributed by atoms with E-state index in [1.54, 1.807) is 7.11 Å². The van der Waals surface area contributed by atoms with Crippen LogP contribution < -0.4 is 4.74 Å². The maximum Gasteiger partial charge on any atom is 0.470 e. The van der Waals surface area contributed by atoms with Crippen LogP contribution in [0.15, 0.2) is 24.3 Å². The smallest absolute Gasteiger partial charge is 0.470 e. The van der Waals surface area contributed by atoms with Crippen LogP contribution in [0.25, 0.3) is 0 Å². The van der Waals surface area contributed by atoms with Crippen LogP contribution in [-0.4, -0.2) is 47.5 Å². The van der Waals surface area contributed by atoms with Gasteiger partial charge in [0.2, 0.25) is 0 Å². The number of hydrogen-bond donors (Lipinski definition) is 2. The minimum Gasteiger partial charge on any atom is -0.497 e. The first kappa shape index (κ1) is 19.4. The fraction of sp³-hybridized carbons (Fsp3) is 0.647. The molecule has 0 aliphatic heterocycles. The van der Waals surface area contributed by atoms with Gasteiger partial charge in [0, 0.05) is 6.04 Å². The van der Waals surface area contributed by atoms with E-state index < -0.39 is 13.4 Å². The molecule has 0 aromatic heterocycles. The average Bonchev–Trinajstić information content (AvgIpc) is 2.52. The van der Waals surface area contributed by atoms with Gasteiger partial charge in [0.1, 0.15) is 5.75 Å². The van der Waals surface area contributed by atoms with E-state index in [9.17, 15) is 14.4 Å². The molecule has 1 aromatic rings. The number of phosphoric acid groups is 1. The minimum atomic E-state index is -4.56. The molecule has 7 heteroatoms. The molecule has 1 aliphatic rings. The second-order valence-electron chi connectivity index (χ2n) is 6.74. The molecule has 136 valence electrons. The Bertz CT molecular complexity index is 563. The fourth-order valence-electron chi connectivity index (χ4n) is 3.70. The minimum absolute atomic E-state index is 0.112. The largest absolute Gasteiger partial charge is 0.497 e. The topological polar surface area (TPSA) is 79.2 Å². The molecular weight excluding hydrogens is 329 g/mol. The van der Waals surface area contributed by atoms with Gasteiger partial charge in [-0.2, -0.15) is 0 Å². The first-order chi connectivity index (χ1) is 11.3. The van der Waals surface area contributed by atoms with Crippen LogP contribution in [0.1, 0.15) is 37.7 Å². The maximum absolute atomic E-state index is 11.6. The zero-order chi connectivity index (χ0) is 17.8. The standard InChI is InChI=1S/C17H28NO5P/c1-18(2)16(13-14-7-9-15(22-3)10-8-14)17(23-24(19,20)21)11-5-4-6-12-17/h7-10,16H,4-6,11-13H2,1-3H3,(H2,19,20,21). The molecule has 2 rings (SSSR count). The predicted molar refractivity (Wildman–Crippen MR) is 93.1 cm³/mol. The summed E-state index contributed by atoms with van der Waals surface area (Å²) in [5, 5.41) is 0. The van der Waals surface area contributed by atoms with Gasteiger partial charge in [-0.1, -0.05) is 31.4 Å². The maximum atomic E-state index is 11.6. The molecular formula is C17H28NO5P. The molecule has 6 nitrogen and oxygen atoms in total. The summed E-state index contributed by atoms with van der Waals surface area (Å²) >= 11 is 0. The summed E-state index contributed by atoms with van der Waals surface area (Å²) in [6.45, 7) is 0. The van der Waals surface area contributed by atoms with Gasteiger partial charge in [-0.25, -0.2) is 4.57 Å². The molecule has 0 radical (unpaired) electrons. The molecule has 0 amide bonds. The highest BCUT2D eigenvalue weighted by molar-refractivity contribution is 7.46. The summed E-state index contributed by atoms with van der Waals surface area (Å²) < 4.78 is 22.2. The zero-order valence-corrected chi connectivity index (χ0v) is 15.5. The number of methoxy groups -OCH3 is 1. The molecule has 1 aliphatic carbocycles. The third-order valence-electron chi connectivity index (χ3n) is 4.82. The van der Waals surface area contributed by atoms with Crippen molar-refractivity contribution < 1.29 is 23.6 Å². The van der Waals surface area contributed by atoms with Crippen molar-refractivity contribution in [1.82, 2.24) is 4.90 Å². The van der Waals surface area contributed by atoms with Crippen molar-refractivity contribution in [1.29, 1.82) is 0 Å². The molecule has 1 aromatic carbocycles. The Morgan fingerprint density at radius 2 is 1.75 bits per heavy atom. The SMILES string of the molecule is COc1ccc(CC(N(C)C)C2(OP(=O)(O)O)CCCCC2)cc1. The lowest BCUT2D eigenvalue weighted by Gasteiger charge is -2.46. The van der Waals surface area contributed by atoms with E-state index in [0.717, 1.165) is 30.6 Å². The van der Waals surface area contributed by atoms with Crippen LogP contribution in [0.4, 0.5) is 0 Å². The van der Waals surface area contributed by atoms with E-state index in [0.29, 0.717) is 19.3 Å². The first-order valence-electron chi connectivity index (χ1n) is 8.31. The van der Waals surface area contributed by atoms with Crippen molar-refractivity contribution in [3.8, 4) is 5.75 Å². The van der Waals surface area contributed by atoms with Crippen LogP contribution in [-0.2, 0) is 15.5 Å². The molecule has 1 unspecified atom stereocenters. The van der Waals surface area contributed by atoms with E-state index >= 15 is 0 Å². The average molecular weight is 357 g/mol. The van der Waals surface area contributed by atoms with E-state index in [1.807, 2.05) is 43.3 Å². The van der Waals surface area contributed by atoms with Gasteiger partial charge in [0.25, 0.3) is 0 Å². The fourth-order valence-corrected chi connectivity index (χ4v) is 4.47. The van der Waals surface area contributed by atoms with Crippen LogP contribution in [0.5, 0.6) is 5.75 Å². The molecule has 0 bridgehead atoms. The normalized spacial score (nSPS) is 19.2. The summed E-state index contributed by atoms with van der Waals surface area (Å²) in [4.78, 5) is 20.9. The highest BCUT2D eigenvalue weighted by Gasteiger charge is 2.46. The lowest BCUT2D eigenvalue weighted by Crippen LogP contribution is -2.53. The van der Waals surface area contributed by atoms with Crippen LogP contribution in [0.3, 0.4) is 0 Å². The summed E-state index contributed by atoms with van der Waals surface area (Å²) in [7, 11) is 0.946. The van der Waals surface area contributed by atoms with Gasteiger partial charge in [-0.3, -0.25) is 4.52 Å². The van der Waals surface area contributed by atoms with Crippen molar-refractivity contribution in [2.24, 2.45) is 0 Å². The first-order valence-corrected chi connectivity index (χ1v) is 9.84. The summed E-state index contributed by atoms with van der Waals surface area (Å²) in [6.07, 6.45) is 4.92. The van der Waals surface area contributed by atoms with E-state index in [2.05, 4.69) is 0 Å². The number of rotatable bonds is 7. The van der Waals surface area contributed by atoms with Crippen molar-refractivity contribution in [3.63, 3.8) is 0 Å². The van der Waals surface area contributed by atoms with E-state index in [1.165, 1.54) is 0 Å². The van der Waals surface area contributed by atoms with E-state index in [4.69, 9.17) is 9.26 Å². The summed E-state index contributed by atoms with van der Waals surface area (Å²) in [5.74, 6) is 0.791. The van der Waals surface area contributed by atoms with Gasteiger partial charge in [-0.05, 0) is 51.1 Å². The second kappa shape index (κ2) is 7.98. The van der Waals surface area contributed by atoms with Crippen LogP contribution >= 0.6 is 7.82 Å². The third kappa shape index (κ3) is 5.04. The predicted octanol–water partition coefficient (Wildman–Crippen LogP) is 2.98. The Labute approximate surface area is 144 Å². The van der Waals surface area contributed by atoms with E-state index in [-0.39, 0.29) is 6.04 Å². The Morgan fingerprint density at radius 1 is 1.17 bits per heavy atom. The van der Waals surface area contributed by atoms with Crippen molar-refractivity contribution in [3.05, 3.63) is 29.8 Å². The molecule has 1 saturated carbocycles. The lowest BCUT2D eigenvalue weighted by molar-refractivity contribution is -0.0553. The van der Waals surface area contributed by atoms with Gasteiger partial charge in [0.05, 0.1) is 12.7 Å². The molecule has 0 saturated heterocycles. The monoisotopic (exact) mass is 357 g/mol. The number of phosphoric ester groups is 1. The lowest BCUT2D eigenvalue weighted by atomic mass is 9.77. The Kier molecular flexibility index (Phi) is 6.46. The zero-order valence-electron chi connectivity index (χ0n) is 14.6. The van der Waals surface area contributed by atoms with Gasteiger partial charge in [-0.15, -0.1) is 0 Å². The Balaban J connectivity index is 2.28. The number of hydrogen-bond acceptors (Lipinski definition) is 4. The number of likely N-dealkylation sites (N-methyl/N-ethyl adjacent to an activating group) is 1. The Hall–Kier alpha value is -0.910. The number of ether oxygens (including phenoxy) is 1. The van der Waals surface area contributed by atoms with Crippen molar-refractivity contribution in [2.75, 3.05) is 21.2 Å². The molecule has 0 heterocycles. The molecule has 0 spiro atoms. The highest BCUT2D eigenvalue weighted by atomic mass is 31.2. The number of nitrogens with zero attached hydrogens (tertiary/aromatic N) is 1. The van der Waals surface area contributed by atoms with Crippen molar-refractivity contribution in [2.45, 2.75) is 50.2 Å². The Morgan fingerprint density at radius 3 is 2.21 bits per heavy atom. The quantitative estimate of drug-likeness (QED) is 0.731. The second-order valence-corrected chi connectivity index (χ2v) is 7.90. The van der Waals surface area contributed by atoms with Crippen LogP contribution in [0, 0.1) is 0 Å². The van der Waals surface area contributed by atoms with Gasteiger partial charge < -0.3 is 19.4 Å². The number of benzene rings is 1.